The molecule has 0 N–H and O–H groups in total. The number of benzene rings is 16. The molecular weight excluding hydrogens is 1270 g/mol. The first-order valence-electron chi connectivity index (χ1n) is 35.8. The maximum absolute atomic E-state index is 5.98. The lowest BCUT2D eigenvalue weighted by Crippen LogP contribution is -2.09. The molecule has 0 spiro atoms. The Bertz CT molecular complexity index is 6020. The fourth-order valence-corrected chi connectivity index (χ4v) is 16.1. The lowest BCUT2D eigenvalue weighted by Gasteiger charge is -2.20. The van der Waals surface area contributed by atoms with Crippen LogP contribution in [0.25, 0.3) is 195 Å². The average molecular weight is 1340 g/mol. The van der Waals surface area contributed by atoms with Gasteiger partial charge in [0, 0.05) is 65.7 Å². The van der Waals surface area contributed by atoms with Gasteiger partial charge < -0.3 is 9.13 Å². The number of hydrogen-bond acceptors (Lipinski definition) is 3. The molecule has 6 heteroatoms. The van der Waals surface area contributed by atoms with E-state index in [1.54, 1.807) is 0 Å². The molecule has 105 heavy (non-hydrogen) atoms. The highest BCUT2D eigenvalue weighted by molar-refractivity contribution is 6.22. The minimum absolute atomic E-state index is 0.492. The first kappa shape index (κ1) is 60.9. The first-order valence-corrected chi connectivity index (χ1v) is 35.8. The highest BCUT2D eigenvalue weighted by Crippen LogP contribution is 2.50. The minimum atomic E-state index is 0.492. The molecule has 0 amide bonds. The topological polar surface area (TPSA) is 53.5 Å². The third kappa shape index (κ3) is 10.5. The minimum Gasteiger partial charge on any atom is -0.307 e. The Kier molecular flexibility index (Phi) is 14.8. The molecule has 4 aromatic heterocycles. The van der Waals surface area contributed by atoms with Gasteiger partial charge in [-0.05, 0) is 152 Å². The van der Waals surface area contributed by atoms with Crippen molar-refractivity contribution in [2.75, 3.05) is 0 Å². The zero-order chi connectivity index (χ0) is 69.3. The van der Waals surface area contributed by atoms with Crippen LogP contribution in [0.15, 0.2) is 388 Å². The maximum Gasteiger partial charge on any atom is 0.238 e. The number of para-hydroxylation sites is 4. The summed E-state index contributed by atoms with van der Waals surface area (Å²) in [5, 5.41) is 6.68. The number of nitrogens with zero attached hydrogens (tertiary/aromatic N) is 6. The first-order chi connectivity index (χ1) is 52.1. The summed E-state index contributed by atoms with van der Waals surface area (Å²) in [4.78, 5) is 17.7. The average Bonchev–Trinajstić information content (AvgIpc) is 1.56. The zero-order valence-corrected chi connectivity index (χ0v) is 57.1. The largest absolute Gasteiger partial charge is 0.307 e. The van der Waals surface area contributed by atoms with Crippen molar-refractivity contribution in [2.24, 2.45) is 0 Å². The van der Waals surface area contributed by atoms with E-state index < -0.39 is 0 Å². The standard InChI is InChI=1S/C99H64N6/c1-9-33-65(34-10-1)73-57-81(69-41-17-5-18-42-69)93-85(61-73)86-62-74(66-35-11-2-12-36-66)58-82(70-43-19-6-20-44-70)94(86)104(93)91-55-31-27-51-79(91)97-100-98(102-99(101-97)103-89-53-29-25-49-77(89)78-50-26-30-54-90(78)103)80-52-28-32-56-92(80)105-95-83(71-45-21-7-22-46-71)59-75(67-37-13-3-14-38-67)63-87(95)88-64-76(68-39-15-4-16-40-68)60-84(96(88)105)72-47-23-8-24-48-72/h1-64H. The smallest absolute Gasteiger partial charge is 0.238 e. The molecular formula is C99H64N6. The number of aromatic nitrogens is 6. The van der Waals surface area contributed by atoms with E-state index in [2.05, 4.69) is 402 Å². The Balaban J connectivity index is 0.922. The number of fused-ring (bicyclic) bond motifs is 9. The molecule has 0 saturated carbocycles. The van der Waals surface area contributed by atoms with E-state index in [1.165, 1.54) is 0 Å². The lowest BCUT2D eigenvalue weighted by molar-refractivity contribution is 0.950. The van der Waals surface area contributed by atoms with Crippen molar-refractivity contribution in [3.05, 3.63) is 388 Å². The third-order valence-corrected chi connectivity index (χ3v) is 20.9. The van der Waals surface area contributed by atoms with Crippen LogP contribution in [0.3, 0.4) is 0 Å². The van der Waals surface area contributed by atoms with Crippen molar-refractivity contribution < 1.29 is 0 Å². The van der Waals surface area contributed by atoms with Crippen molar-refractivity contribution >= 4 is 65.4 Å². The number of hydrogen-bond donors (Lipinski definition) is 0. The fraction of sp³-hybridized carbons (Fsp3) is 0. The van der Waals surface area contributed by atoms with E-state index in [1.807, 2.05) is 0 Å². The van der Waals surface area contributed by atoms with Crippen LogP contribution in [-0.2, 0) is 0 Å². The van der Waals surface area contributed by atoms with Crippen LogP contribution in [0.1, 0.15) is 0 Å². The summed E-state index contributed by atoms with van der Waals surface area (Å²) in [6, 6.07) is 141. The summed E-state index contributed by atoms with van der Waals surface area (Å²) in [5.74, 6) is 1.52. The van der Waals surface area contributed by atoms with Gasteiger partial charge in [-0.3, -0.25) is 4.57 Å². The molecule has 20 aromatic rings. The summed E-state index contributed by atoms with van der Waals surface area (Å²) in [6.07, 6.45) is 0. The van der Waals surface area contributed by atoms with Crippen molar-refractivity contribution in [2.45, 2.75) is 0 Å². The zero-order valence-electron chi connectivity index (χ0n) is 57.1. The van der Waals surface area contributed by atoms with Gasteiger partial charge in [0.1, 0.15) is 0 Å². The van der Waals surface area contributed by atoms with Crippen molar-refractivity contribution in [3.63, 3.8) is 0 Å². The molecule has 0 unspecified atom stereocenters. The molecule has 4 heterocycles. The van der Waals surface area contributed by atoms with Gasteiger partial charge in [0.2, 0.25) is 5.95 Å². The monoisotopic (exact) mass is 1340 g/mol. The fourth-order valence-electron chi connectivity index (χ4n) is 16.1. The van der Waals surface area contributed by atoms with E-state index >= 15 is 0 Å². The summed E-state index contributed by atoms with van der Waals surface area (Å²) in [6.45, 7) is 0. The van der Waals surface area contributed by atoms with E-state index in [9.17, 15) is 0 Å². The van der Waals surface area contributed by atoms with Gasteiger partial charge in [0.05, 0.1) is 44.5 Å². The summed E-state index contributed by atoms with van der Waals surface area (Å²) >= 11 is 0. The summed E-state index contributed by atoms with van der Waals surface area (Å²) < 4.78 is 7.28. The number of rotatable bonds is 13. The molecule has 20 rings (SSSR count). The predicted octanol–water partition coefficient (Wildman–Crippen LogP) is 25.8. The lowest BCUT2D eigenvalue weighted by atomic mass is 9.93. The van der Waals surface area contributed by atoms with Crippen LogP contribution in [0.2, 0.25) is 0 Å². The molecule has 6 nitrogen and oxygen atoms in total. The van der Waals surface area contributed by atoms with Gasteiger partial charge in [-0.2, -0.15) is 9.97 Å². The maximum atomic E-state index is 5.98. The quantitative estimate of drug-likeness (QED) is 0.116. The SMILES string of the molecule is c1ccc(-c2cc(-c3ccccc3)c3c(c2)c2cc(-c4ccccc4)cc(-c4ccccc4)c2n3-c2ccccc2-c2nc(-c3ccccc3-n3c4c(-c5ccccc5)cc(-c5ccccc5)cc4c4cc(-c5ccccc5)cc(-c5ccccc5)c43)nc(-n3c4ccccc4c4ccccc43)n2)cc1. The molecule has 0 aliphatic carbocycles. The van der Waals surface area contributed by atoms with E-state index in [4.69, 9.17) is 15.0 Å². The van der Waals surface area contributed by atoms with Crippen LogP contribution in [-0.4, -0.2) is 28.7 Å². The van der Waals surface area contributed by atoms with Gasteiger partial charge >= 0.3 is 0 Å². The van der Waals surface area contributed by atoms with Crippen molar-refractivity contribution in [1.82, 2.24) is 28.7 Å². The van der Waals surface area contributed by atoms with Crippen LogP contribution in [0.5, 0.6) is 0 Å². The Morgan fingerprint density at radius 3 is 0.686 bits per heavy atom. The van der Waals surface area contributed by atoms with E-state index in [0.29, 0.717) is 17.6 Å². The Morgan fingerprint density at radius 2 is 0.400 bits per heavy atom. The van der Waals surface area contributed by atoms with Gasteiger partial charge in [0.15, 0.2) is 11.6 Å². The highest BCUT2D eigenvalue weighted by atomic mass is 15.2. The van der Waals surface area contributed by atoms with Gasteiger partial charge in [-0.15, -0.1) is 0 Å². The Labute approximate surface area is 607 Å². The molecule has 0 aliphatic rings. The van der Waals surface area contributed by atoms with E-state index in [0.717, 1.165) is 177 Å². The van der Waals surface area contributed by atoms with Crippen LogP contribution in [0, 0.1) is 0 Å². The molecule has 0 saturated heterocycles. The van der Waals surface area contributed by atoms with Gasteiger partial charge in [-0.25, -0.2) is 4.98 Å². The predicted molar refractivity (Wildman–Crippen MR) is 437 cm³/mol. The molecule has 0 aliphatic heterocycles. The second-order valence-corrected chi connectivity index (χ2v) is 27.0. The van der Waals surface area contributed by atoms with Gasteiger partial charge in [-0.1, -0.05) is 303 Å². The van der Waals surface area contributed by atoms with E-state index in [-0.39, 0.29) is 0 Å². The van der Waals surface area contributed by atoms with Crippen molar-refractivity contribution in [1.29, 1.82) is 0 Å². The highest BCUT2D eigenvalue weighted by Gasteiger charge is 2.29. The molecule has 0 fully saturated rings. The van der Waals surface area contributed by atoms with Crippen LogP contribution < -0.4 is 0 Å². The van der Waals surface area contributed by atoms with Crippen LogP contribution >= 0.6 is 0 Å². The third-order valence-electron chi connectivity index (χ3n) is 20.9. The van der Waals surface area contributed by atoms with Gasteiger partial charge in [0.25, 0.3) is 0 Å². The van der Waals surface area contributed by atoms with Crippen LogP contribution in [0.4, 0.5) is 0 Å². The second kappa shape index (κ2) is 25.5. The normalized spacial score (nSPS) is 11.6. The summed E-state index contributed by atoms with van der Waals surface area (Å²) in [7, 11) is 0. The van der Waals surface area contributed by atoms with Crippen molar-refractivity contribution in [3.8, 4) is 129 Å². The molecule has 0 atom stereocenters. The molecule has 0 radical (unpaired) electrons. The summed E-state index contributed by atoms with van der Waals surface area (Å²) in [5.41, 5.74) is 27.5. The molecule has 16 aromatic carbocycles. The molecule has 0 bridgehead atoms. The molecule has 490 valence electrons. The second-order valence-electron chi connectivity index (χ2n) is 27.0. The Morgan fingerprint density at radius 1 is 0.162 bits per heavy atom. The Hall–Kier alpha value is -14.1.